The van der Waals surface area contributed by atoms with Crippen LogP contribution in [0.2, 0.25) is 0 Å². The van der Waals surface area contributed by atoms with Gasteiger partial charge < -0.3 is 15.1 Å². The maximum Gasteiger partial charge on any atom is 0.317 e. The molecule has 136 valence electrons. The molecule has 1 aromatic carbocycles. The van der Waals surface area contributed by atoms with Gasteiger partial charge in [0.25, 0.3) is 0 Å². The van der Waals surface area contributed by atoms with Crippen molar-refractivity contribution in [1.82, 2.24) is 15.1 Å². The van der Waals surface area contributed by atoms with E-state index in [0.29, 0.717) is 19.0 Å². The van der Waals surface area contributed by atoms with Gasteiger partial charge in [0.15, 0.2) is 0 Å². The summed E-state index contributed by atoms with van der Waals surface area (Å²) in [5.74, 6) is 0.118. The van der Waals surface area contributed by atoms with Crippen molar-refractivity contribution in [1.29, 1.82) is 0 Å². The van der Waals surface area contributed by atoms with Gasteiger partial charge in [0.2, 0.25) is 5.91 Å². The molecule has 3 atom stereocenters. The normalized spacial score (nSPS) is 25.1. The summed E-state index contributed by atoms with van der Waals surface area (Å²) in [5.41, 5.74) is 1.13. The van der Waals surface area contributed by atoms with Crippen LogP contribution in [0.15, 0.2) is 30.3 Å². The van der Waals surface area contributed by atoms with E-state index in [1.165, 1.54) is 6.42 Å². The summed E-state index contributed by atoms with van der Waals surface area (Å²) in [4.78, 5) is 29.0. The van der Waals surface area contributed by atoms with Gasteiger partial charge in [0, 0.05) is 25.6 Å². The summed E-state index contributed by atoms with van der Waals surface area (Å²) in [7, 11) is 0. The molecule has 25 heavy (non-hydrogen) atoms. The monoisotopic (exact) mass is 343 g/mol. The van der Waals surface area contributed by atoms with Gasteiger partial charge in [-0.3, -0.25) is 4.79 Å². The summed E-state index contributed by atoms with van der Waals surface area (Å²) in [6.45, 7) is 5.61. The van der Waals surface area contributed by atoms with Crippen molar-refractivity contribution in [3.05, 3.63) is 35.9 Å². The van der Waals surface area contributed by atoms with Gasteiger partial charge in [-0.25, -0.2) is 4.79 Å². The number of likely N-dealkylation sites (tertiary alicyclic amines) is 2. The van der Waals surface area contributed by atoms with Crippen LogP contribution in [0.3, 0.4) is 0 Å². The van der Waals surface area contributed by atoms with Gasteiger partial charge in [-0.15, -0.1) is 0 Å². The molecule has 1 N–H and O–H groups in total. The highest BCUT2D eigenvalue weighted by Gasteiger charge is 2.35. The number of piperidine rings is 1. The molecule has 0 aliphatic carbocycles. The molecule has 5 nitrogen and oxygen atoms in total. The van der Waals surface area contributed by atoms with Crippen molar-refractivity contribution in [3.8, 4) is 0 Å². The second kappa shape index (κ2) is 7.89. The van der Waals surface area contributed by atoms with Crippen molar-refractivity contribution in [2.75, 3.05) is 13.1 Å². The number of benzene rings is 1. The standard InChI is InChI=1S/C20H29N3O2/c1-3-18-11-7-8-12-22(18)20(25)21-17-13-19(24)23(14-17)15(2)16-9-5-4-6-10-16/h4-6,9-10,15,17-18H,3,7-8,11-14H2,1-2H3,(H,21,25). The first-order chi connectivity index (χ1) is 12.1. The molecule has 5 heteroatoms. The number of hydrogen-bond donors (Lipinski definition) is 1. The van der Waals surface area contributed by atoms with E-state index in [1.54, 1.807) is 0 Å². The quantitative estimate of drug-likeness (QED) is 0.912. The summed E-state index contributed by atoms with van der Waals surface area (Å²) < 4.78 is 0. The van der Waals surface area contributed by atoms with E-state index in [-0.39, 0.29) is 24.0 Å². The summed E-state index contributed by atoms with van der Waals surface area (Å²) in [6.07, 6.45) is 4.75. The highest BCUT2D eigenvalue weighted by Crippen LogP contribution is 2.26. The maximum atomic E-state index is 12.7. The van der Waals surface area contributed by atoms with E-state index in [0.717, 1.165) is 31.4 Å². The molecule has 3 amide bonds. The smallest absolute Gasteiger partial charge is 0.317 e. The fourth-order valence-electron chi connectivity index (χ4n) is 4.06. The first-order valence-electron chi connectivity index (χ1n) is 9.51. The lowest BCUT2D eigenvalue weighted by atomic mass is 10.0. The third-order valence-electron chi connectivity index (χ3n) is 5.59. The van der Waals surface area contributed by atoms with Crippen molar-refractivity contribution < 1.29 is 9.59 Å². The average Bonchev–Trinajstić information content (AvgIpc) is 3.01. The second-order valence-corrected chi connectivity index (χ2v) is 7.23. The van der Waals surface area contributed by atoms with E-state index in [4.69, 9.17) is 0 Å². The minimum atomic E-state index is -0.0920. The molecule has 0 aromatic heterocycles. The maximum absolute atomic E-state index is 12.7. The van der Waals surface area contributed by atoms with E-state index < -0.39 is 0 Å². The van der Waals surface area contributed by atoms with Crippen LogP contribution in [0.5, 0.6) is 0 Å². The Hall–Kier alpha value is -2.04. The number of nitrogens with one attached hydrogen (secondary N) is 1. The lowest BCUT2D eigenvalue weighted by Gasteiger charge is -2.36. The van der Waals surface area contributed by atoms with Gasteiger partial charge in [-0.05, 0) is 38.2 Å². The van der Waals surface area contributed by atoms with Crippen LogP contribution in [-0.2, 0) is 4.79 Å². The fraction of sp³-hybridized carbons (Fsp3) is 0.600. The molecule has 2 fully saturated rings. The molecule has 0 radical (unpaired) electrons. The zero-order valence-electron chi connectivity index (χ0n) is 15.3. The number of nitrogens with zero attached hydrogens (tertiary/aromatic N) is 2. The Morgan fingerprint density at radius 1 is 1.28 bits per heavy atom. The highest BCUT2D eigenvalue weighted by atomic mass is 16.2. The number of urea groups is 1. The fourth-order valence-corrected chi connectivity index (χ4v) is 4.06. The molecule has 0 bridgehead atoms. The SMILES string of the molecule is CCC1CCCCN1C(=O)NC1CC(=O)N(C(C)c2ccccc2)C1. The van der Waals surface area contributed by atoms with Gasteiger partial charge in [-0.1, -0.05) is 37.3 Å². The van der Waals surface area contributed by atoms with Gasteiger partial charge in [-0.2, -0.15) is 0 Å². The van der Waals surface area contributed by atoms with Crippen LogP contribution >= 0.6 is 0 Å². The molecule has 2 aliphatic heterocycles. The van der Waals surface area contributed by atoms with Crippen LogP contribution < -0.4 is 5.32 Å². The molecule has 3 rings (SSSR count). The Morgan fingerprint density at radius 3 is 2.76 bits per heavy atom. The van der Waals surface area contributed by atoms with Crippen LogP contribution in [0.4, 0.5) is 4.79 Å². The molecule has 0 spiro atoms. The summed E-state index contributed by atoms with van der Waals surface area (Å²) in [6, 6.07) is 10.3. The van der Waals surface area contributed by atoms with Crippen molar-refractivity contribution in [2.24, 2.45) is 0 Å². The molecule has 2 heterocycles. The van der Waals surface area contributed by atoms with Gasteiger partial charge in [0.1, 0.15) is 0 Å². The van der Waals surface area contributed by atoms with E-state index in [9.17, 15) is 9.59 Å². The molecule has 0 saturated carbocycles. The molecule has 1 aromatic rings. The number of amides is 3. The number of rotatable bonds is 4. The lowest BCUT2D eigenvalue weighted by Crippen LogP contribution is -2.51. The van der Waals surface area contributed by atoms with Crippen LogP contribution in [-0.4, -0.2) is 46.9 Å². The molecule has 3 unspecified atom stereocenters. The second-order valence-electron chi connectivity index (χ2n) is 7.23. The van der Waals surface area contributed by atoms with Gasteiger partial charge >= 0.3 is 6.03 Å². The van der Waals surface area contributed by atoms with Gasteiger partial charge in [0.05, 0.1) is 12.1 Å². The first-order valence-corrected chi connectivity index (χ1v) is 9.51. The molecular formula is C20H29N3O2. The average molecular weight is 343 g/mol. The topological polar surface area (TPSA) is 52.7 Å². The predicted octanol–water partition coefficient (Wildman–Crippen LogP) is 3.32. The summed E-state index contributed by atoms with van der Waals surface area (Å²) >= 11 is 0. The van der Waals surface area contributed by atoms with Crippen LogP contribution in [0.1, 0.15) is 57.6 Å². The van der Waals surface area contributed by atoms with Crippen LogP contribution in [0, 0.1) is 0 Å². The Bertz CT molecular complexity index is 604. The number of carbonyl (C=O) groups is 2. The highest BCUT2D eigenvalue weighted by molar-refractivity contribution is 5.82. The first kappa shape index (κ1) is 17.8. The van der Waals surface area contributed by atoms with Crippen molar-refractivity contribution in [3.63, 3.8) is 0 Å². The lowest BCUT2D eigenvalue weighted by molar-refractivity contribution is -0.129. The van der Waals surface area contributed by atoms with E-state index >= 15 is 0 Å². The van der Waals surface area contributed by atoms with E-state index in [2.05, 4.69) is 19.2 Å². The third-order valence-corrected chi connectivity index (χ3v) is 5.59. The zero-order valence-corrected chi connectivity index (χ0v) is 15.3. The Morgan fingerprint density at radius 2 is 2.04 bits per heavy atom. The minimum Gasteiger partial charge on any atom is -0.334 e. The minimum absolute atomic E-state index is 0.00133. The largest absolute Gasteiger partial charge is 0.334 e. The Kier molecular flexibility index (Phi) is 5.61. The predicted molar refractivity (Wildman–Crippen MR) is 98.1 cm³/mol. The molecule has 2 aliphatic rings. The molecular weight excluding hydrogens is 314 g/mol. The van der Waals surface area contributed by atoms with Crippen molar-refractivity contribution >= 4 is 11.9 Å². The van der Waals surface area contributed by atoms with Crippen LogP contribution in [0.25, 0.3) is 0 Å². The van der Waals surface area contributed by atoms with Crippen molar-refractivity contribution in [2.45, 2.75) is 64.1 Å². The number of carbonyl (C=O) groups excluding carboxylic acids is 2. The Balaban J connectivity index is 1.60. The van der Waals surface area contributed by atoms with E-state index in [1.807, 2.05) is 40.1 Å². The molecule has 2 saturated heterocycles. The third kappa shape index (κ3) is 3.97. The Labute approximate surface area is 150 Å². The summed E-state index contributed by atoms with van der Waals surface area (Å²) in [5, 5.41) is 3.10. The zero-order chi connectivity index (χ0) is 17.8. The number of hydrogen-bond acceptors (Lipinski definition) is 2.